The molecule has 1 aliphatic heterocycles. The monoisotopic (exact) mass is 404 g/mol. The summed E-state index contributed by atoms with van der Waals surface area (Å²) in [5.41, 5.74) is 1.36. The van der Waals surface area contributed by atoms with Crippen molar-refractivity contribution in [2.45, 2.75) is 31.6 Å². The first-order chi connectivity index (χ1) is 10.9. The summed E-state index contributed by atoms with van der Waals surface area (Å²) in [7, 11) is -3.69. The Kier molecular flexibility index (Phi) is 6.19. The first-order valence-corrected chi connectivity index (χ1v) is 9.82. The number of carbonyl (C=O) groups excluding carboxylic acids is 1. The molecule has 0 unspecified atom stereocenters. The minimum Gasteiger partial charge on any atom is -0.382 e. The Morgan fingerprint density at radius 3 is 2.83 bits per heavy atom. The van der Waals surface area contributed by atoms with E-state index in [1.165, 1.54) is 11.8 Å². The van der Waals surface area contributed by atoms with E-state index in [1.54, 1.807) is 6.07 Å². The third-order valence-corrected chi connectivity index (χ3v) is 5.56. The van der Waals surface area contributed by atoms with Crippen molar-refractivity contribution in [3.05, 3.63) is 22.2 Å². The quantitative estimate of drug-likeness (QED) is 0.705. The van der Waals surface area contributed by atoms with Gasteiger partial charge in [0.15, 0.2) is 0 Å². The first-order valence-electron chi connectivity index (χ1n) is 7.54. The molecule has 0 bridgehead atoms. The number of rotatable bonds is 7. The zero-order valence-electron chi connectivity index (χ0n) is 13.3. The van der Waals surface area contributed by atoms with E-state index >= 15 is 0 Å². The number of anilines is 1. The Morgan fingerprint density at radius 1 is 1.43 bits per heavy atom. The number of fused-ring (bicyclic) bond motifs is 1. The highest BCUT2D eigenvalue weighted by Crippen LogP contribution is 2.37. The van der Waals surface area contributed by atoms with Crippen LogP contribution in [0.1, 0.15) is 25.8 Å². The number of ether oxygens (including phenoxy) is 1. The third kappa shape index (κ3) is 4.32. The fourth-order valence-corrected chi connectivity index (χ4v) is 4.60. The van der Waals surface area contributed by atoms with Gasteiger partial charge in [-0.15, -0.1) is 0 Å². The van der Waals surface area contributed by atoms with Crippen LogP contribution in [0.4, 0.5) is 5.69 Å². The van der Waals surface area contributed by atoms with Crippen LogP contribution in [0.2, 0.25) is 0 Å². The molecule has 0 saturated carbocycles. The van der Waals surface area contributed by atoms with Crippen molar-refractivity contribution in [1.29, 1.82) is 0 Å². The van der Waals surface area contributed by atoms with Gasteiger partial charge >= 0.3 is 0 Å². The molecule has 1 aliphatic rings. The van der Waals surface area contributed by atoms with Crippen LogP contribution >= 0.6 is 15.9 Å². The molecule has 1 amide bonds. The van der Waals surface area contributed by atoms with Gasteiger partial charge in [-0.2, -0.15) is 0 Å². The molecule has 2 rings (SSSR count). The fraction of sp³-hybridized carbons (Fsp3) is 0.533. The Hall–Kier alpha value is -0.960. The second kappa shape index (κ2) is 7.74. The van der Waals surface area contributed by atoms with E-state index < -0.39 is 10.0 Å². The lowest BCUT2D eigenvalue weighted by atomic mass is 10.2. The SMILES string of the molecule is CCOCCCNS(=O)(=O)c1cc(Br)cc2c1N(C(C)=O)CC2. The Bertz CT molecular complexity index is 691. The highest BCUT2D eigenvalue weighted by atomic mass is 79.9. The third-order valence-electron chi connectivity index (χ3n) is 3.62. The first kappa shape index (κ1) is 18.4. The van der Waals surface area contributed by atoms with Crippen molar-refractivity contribution < 1.29 is 17.9 Å². The summed E-state index contributed by atoms with van der Waals surface area (Å²) in [6.07, 6.45) is 1.25. The molecule has 0 aromatic heterocycles. The summed E-state index contributed by atoms with van der Waals surface area (Å²) in [6, 6.07) is 3.41. The molecule has 23 heavy (non-hydrogen) atoms. The van der Waals surface area contributed by atoms with Crippen molar-refractivity contribution >= 4 is 37.5 Å². The number of amides is 1. The zero-order chi connectivity index (χ0) is 17.0. The number of hydrogen-bond acceptors (Lipinski definition) is 4. The van der Waals surface area contributed by atoms with Gasteiger partial charge in [-0.25, -0.2) is 13.1 Å². The minimum atomic E-state index is -3.69. The zero-order valence-corrected chi connectivity index (χ0v) is 15.7. The van der Waals surface area contributed by atoms with Crippen molar-refractivity contribution in [2.75, 3.05) is 31.2 Å². The normalized spacial score (nSPS) is 14.1. The van der Waals surface area contributed by atoms with E-state index in [0.29, 0.717) is 49.3 Å². The standard InChI is InChI=1S/C15H21BrN2O4S/c1-3-22-8-4-6-17-23(20,21)14-10-13(16)9-12-5-7-18(11(2)19)15(12)14/h9-10,17H,3-8H2,1-2H3. The summed E-state index contributed by atoms with van der Waals surface area (Å²) in [5, 5.41) is 0. The summed E-state index contributed by atoms with van der Waals surface area (Å²) in [5.74, 6) is -0.154. The van der Waals surface area contributed by atoms with Gasteiger partial charge in [-0.1, -0.05) is 15.9 Å². The molecule has 6 nitrogen and oxygen atoms in total. The molecule has 0 fully saturated rings. The molecular weight excluding hydrogens is 384 g/mol. The number of halogens is 1. The predicted molar refractivity (Wildman–Crippen MR) is 92.2 cm³/mol. The van der Waals surface area contributed by atoms with Gasteiger partial charge in [-0.3, -0.25) is 4.79 Å². The second-order valence-corrected chi connectivity index (χ2v) is 7.93. The highest BCUT2D eigenvalue weighted by molar-refractivity contribution is 9.10. The Balaban J connectivity index is 2.26. The molecule has 1 N–H and O–H groups in total. The van der Waals surface area contributed by atoms with E-state index in [2.05, 4.69) is 20.7 Å². The van der Waals surface area contributed by atoms with Crippen molar-refractivity contribution in [1.82, 2.24) is 4.72 Å². The average molecular weight is 405 g/mol. The maximum absolute atomic E-state index is 12.6. The van der Waals surface area contributed by atoms with Gasteiger partial charge in [0.1, 0.15) is 4.90 Å². The lowest BCUT2D eigenvalue weighted by molar-refractivity contribution is -0.116. The lowest BCUT2D eigenvalue weighted by Gasteiger charge is -2.19. The van der Waals surface area contributed by atoms with E-state index in [1.807, 2.05) is 13.0 Å². The van der Waals surface area contributed by atoms with Gasteiger partial charge in [0.05, 0.1) is 5.69 Å². The van der Waals surface area contributed by atoms with Gasteiger partial charge < -0.3 is 9.64 Å². The number of sulfonamides is 1. The van der Waals surface area contributed by atoms with Crippen LogP contribution in [-0.2, 0) is 26.0 Å². The minimum absolute atomic E-state index is 0.144. The number of hydrogen-bond donors (Lipinski definition) is 1. The van der Waals surface area contributed by atoms with Crippen molar-refractivity contribution in [3.8, 4) is 0 Å². The molecule has 0 radical (unpaired) electrons. The van der Waals surface area contributed by atoms with Crippen LogP contribution in [-0.4, -0.2) is 40.6 Å². The summed E-state index contributed by atoms with van der Waals surface area (Å²) < 4.78 is 33.7. The van der Waals surface area contributed by atoms with E-state index in [0.717, 1.165) is 5.56 Å². The molecule has 0 spiro atoms. The van der Waals surface area contributed by atoms with Gasteiger partial charge in [0, 0.05) is 37.7 Å². The molecule has 0 atom stereocenters. The Morgan fingerprint density at radius 2 is 2.17 bits per heavy atom. The molecule has 1 heterocycles. The molecule has 0 aliphatic carbocycles. The van der Waals surface area contributed by atoms with Crippen molar-refractivity contribution in [3.63, 3.8) is 0 Å². The predicted octanol–water partition coefficient (Wildman–Crippen LogP) is 2.06. The molecular formula is C15H21BrN2O4S. The van der Waals surface area contributed by atoms with Crippen LogP contribution in [0.25, 0.3) is 0 Å². The molecule has 1 aromatic rings. The van der Waals surface area contributed by atoms with Gasteiger partial charge in [0.2, 0.25) is 15.9 Å². The van der Waals surface area contributed by atoms with Crippen LogP contribution in [0, 0.1) is 0 Å². The van der Waals surface area contributed by atoms with E-state index in [9.17, 15) is 13.2 Å². The van der Waals surface area contributed by atoms with Gasteiger partial charge in [-0.05, 0) is 37.5 Å². The summed E-state index contributed by atoms with van der Waals surface area (Å²) >= 11 is 3.35. The topological polar surface area (TPSA) is 75.7 Å². The van der Waals surface area contributed by atoms with Crippen LogP contribution in [0.3, 0.4) is 0 Å². The maximum Gasteiger partial charge on any atom is 0.242 e. The van der Waals surface area contributed by atoms with Crippen LogP contribution < -0.4 is 9.62 Å². The lowest BCUT2D eigenvalue weighted by Crippen LogP contribution is -2.30. The number of carbonyl (C=O) groups is 1. The smallest absolute Gasteiger partial charge is 0.242 e. The highest BCUT2D eigenvalue weighted by Gasteiger charge is 2.31. The number of nitrogens with one attached hydrogen (secondary N) is 1. The van der Waals surface area contributed by atoms with Crippen LogP contribution in [0.5, 0.6) is 0 Å². The van der Waals surface area contributed by atoms with Crippen LogP contribution in [0.15, 0.2) is 21.5 Å². The molecule has 128 valence electrons. The summed E-state index contributed by atoms with van der Waals surface area (Å²) in [4.78, 5) is 13.5. The van der Waals surface area contributed by atoms with E-state index in [-0.39, 0.29) is 10.8 Å². The average Bonchev–Trinajstić information content (AvgIpc) is 2.89. The second-order valence-electron chi connectivity index (χ2n) is 5.28. The molecule has 8 heteroatoms. The number of nitrogens with zero attached hydrogens (tertiary/aromatic N) is 1. The van der Waals surface area contributed by atoms with Gasteiger partial charge in [0.25, 0.3) is 0 Å². The summed E-state index contributed by atoms with van der Waals surface area (Å²) in [6.45, 7) is 5.26. The van der Waals surface area contributed by atoms with E-state index in [4.69, 9.17) is 4.74 Å². The maximum atomic E-state index is 12.6. The fourth-order valence-electron chi connectivity index (χ4n) is 2.59. The Labute approximate surface area is 145 Å². The molecule has 1 aromatic carbocycles. The largest absolute Gasteiger partial charge is 0.382 e. The molecule has 0 saturated heterocycles. The number of benzene rings is 1. The van der Waals surface area contributed by atoms with Crippen molar-refractivity contribution in [2.24, 2.45) is 0 Å².